The van der Waals surface area contributed by atoms with E-state index in [-0.39, 0.29) is 73.8 Å². The van der Waals surface area contributed by atoms with Crippen molar-refractivity contribution in [3.05, 3.63) is 86.0 Å². The Labute approximate surface area is 352 Å². The standard InChI is InChI=1S/C14H8.4C6H15P.2HNO3.2Pt/c1-2-6-12-10-14-8-4-3-7-13(14)9-11(12)5-1;4*1-4-7(5-2)6-3;2*2-1(3)4;;/h1-5,7,9-10H;4*4-6H2,1-3H3;2*(H,2,3,4);;/p+4. The van der Waals surface area contributed by atoms with E-state index in [9.17, 15) is 0 Å². The normalized spacial score (nSPS) is 9.85. The van der Waals surface area contributed by atoms with E-state index in [1.54, 1.807) is 0 Å². The minimum absolute atomic E-state index is 0. The van der Waals surface area contributed by atoms with Crippen molar-refractivity contribution in [2.24, 2.45) is 0 Å². The summed E-state index contributed by atoms with van der Waals surface area (Å²) in [6.07, 6.45) is 26.8. The molecule has 0 saturated heterocycles. The number of benzene rings is 2. The Hall–Kier alpha value is -0.413. The molecule has 52 heavy (non-hydrogen) atoms. The molecule has 2 aromatic rings. The molecule has 8 nitrogen and oxygen atoms in total. The summed E-state index contributed by atoms with van der Waals surface area (Å²) in [5, 5.41) is 29.7. The fourth-order valence-electron chi connectivity index (χ4n) is 4.74. The molecule has 1 aliphatic carbocycles. The average Bonchev–Trinajstić information content (AvgIpc) is 3.11. The van der Waals surface area contributed by atoms with Crippen LogP contribution in [-0.4, -0.2) is 94.5 Å². The Bertz CT molecular complexity index is 993. The summed E-state index contributed by atoms with van der Waals surface area (Å²) in [5.74, 6) is 0. The number of rotatable bonds is 12. The Kier molecular flexibility index (Phi) is 57.1. The van der Waals surface area contributed by atoms with Gasteiger partial charge in [0.2, 0.25) is 0 Å². The third-order valence-electron chi connectivity index (χ3n) is 8.44. The molecule has 0 saturated carbocycles. The smallest absolute Gasteiger partial charge is 0.291 e. The Morgan fingerprint density at radius 1 is 0.615 bits per heavy atom. The Morgan fingerprint density at radius 2 is 0.923 bits per heavy atom. The van der Waals surface area contributed by atoms with E-state index in [4.69, 9.17) is 30.6 Å². The van der Waals surface area contributed by atoms with Crippen molar-refractivity contribution in [2.45, 2.75) is 83.1 Å². The first-order valence-electron chi connectivity index (χ1n) is 18.5. The number of allylic oxidation sites excluding steroid dienone is 2. The van der Waals surface area contributed by atoms with Gasteiger partial charge in [0.25, 0.3) is 10.2 Å². The maximum atomic E-state index is 8.36. The molecule has 0 amide bonds. The van der Waals surface area contributed by atoms with Crippen LogP contribution in [0.25, 0.3) is 16.8 Å². The number of nitrogens with zero attached hydrogens (tertiary/aromatic N) is 2. The molecule has 0 bridgehead atoms. The number of fused-ring (bicyclic) bond motifs is 2. The van der Waals surface area contributed by atoms with Crippen LogP contribution in [-0.2, 0) is 42.1 Å². The molecule has 2 aromatic carbocycles. The van der Waals surface area contributed by atoms with E-state index < -0.39 is 10.2 Å². The van der Waals surface area contributed by atoms with Crippen molar-refractivity contribution in [1.82, 2.24) is 0 Å². The van der Waals surface area contributed by atoms with Crippen molar-refractivity contribution >= 4 is 48.5 Å². The third kappa shape index (κ3) is 40.8. The second-order valence-electron chi connectivity index (χ2n) is 11.1. The molecule has 14 heteroatoms. The summed E-state index contributed by atoms with van der Waals surface area (Å²) in [5.41, 5.74) is 2.39. The molecule has 0 unspecified atom stereocenters. The minimum Gasteiger partial charge on any atom is -0.328 e. The van der Waals surface area contributed by atoms with Gasteiger partial charge in [-0.05, 0) is 127 Å². The molecular formula is C38H74N2O6P4Pt2+4. The van der Waals surface area contributed by atoms with Crippen LogP contribution in [0.15, 0.2) is 42.5 Å². The van der Waals surface area contributed by atoms with Crippen molar-refractivity contribution in [3.8, 4) is 0 Å². The molecule has 1 aliphatic rings. The van der Waals surface area contributed by atoms with Gasteiger partial charge in [-0.15, -0.1) is 49.9 Å². The molecule has 2 N–H and O–H groups in total. The van der Waals surface area contributed by atoms with Crippen LogP contribution in [0.3, 0.4) is 0 Å². The van der Waals surface area contributed by atoms with Crippen molar-refractivity contribution in [2.75, 3.05) is 73.9 Å². The zero-order chi connectivity index (χ0) is 39.3. The van der Waals surface area contributed by atoms with Crippen LogP contribution in [0.2, 0.25) is 0 Å². The molecule has 3 rings (SSSR count). The molecule has 0 heterocycles. The first kappa shape index (κ1) is 63.5. The van der Waals surface area contributed by atoms with Gasteiger partial charge >= 0.3 is 0 Å². The second-order valence-corrected chi connectivity index (χ2v) is 25.6. The summed E-state index contributed by atoms with van der Waals surface area (Å²) in [4.78, 5) is 16.7. The van der Waals surface area contributed by atoms with E-state index >= 15 is 0 Å². The van der Waals surface area contributed by atoms with Gasteiger partial charge in [-0.2, -0.15) is 0 Å². The minimum atomic E-state index is -1.50. The topological polar surface area (TPSA) is 127 Å². The summed E-state index contributed by atoms with van der Waals surface area (Å²) in [6.45, 7) is 27.7. The summed E-state index contributed by atoms with van der Waals surface area (Å²) < 4.78 is 0. The maximum Gasteiger partial charge on any atom is 0.291 e. The third-order valence-corrected chi connectivity index (χ3v) is 20.4. The number of hydrogen-bond acceptors (Lipinski definition) is 4. The van der Waals surface area contributed by atoms with Gasteiger partial charge in [0.1, 0.15) is 0 Å². The van der Waals surface area contributed by atoms with Crippen LogP contribution in [0.5, 0.6) is 0 Å². The quantitative estimate of drug-likeness (QED) is 0.0943. The SMILES string of the molecule is CC[PH+](CC)CC.CC[PH+](CC)CC.CC[PH+](CC)CC.CC[PH+](CC)CC.O=[N+]([O-])O.O=[N+]([O-])O.[C+]1=CC=Cc2cc3ccc[c-]c3cc21.[Pt].[Pt]. The van der Waals surface area contributed by atoms with E-state index in [0.29, 0.717) is 0 Å². The predicted molar refractivity (Wildman–Crippen MR) is 236 cm³/mol. The predicted octanol–water partition coefficient (Wildman–Crippen LogP) is 11.7. The molecular weight excluding hydrogens is 1090 g/mol. The summed E-state index contributed by atoms with van der Waals surface area (Å²) >= 11 is 0. The van der Waals surface area contributed by atoms with E-state index in [1.165, 1.54) is 84.9 Å². The van der Waals surface area contributed by atoms with Crippen LogP contribution in [0.1, 0.15) is 94.2 Å². The van der Waals surface area contributed by atoms with Crippen LogP contribution in [0.4, 0.5) is 0 Å². The van der Waals surface area contributed by atoms with E-state index in [0.717, 1.165) is 10.9 Å². The van der Waals surface area contributed by atoms with Crippen molar-refractivity contribution in [1.29, 1.82) is 0 Å². The molecule has 0 fully saturated rings. The first-order chi connectivity index (χ1) is 23.8. The largest absolute Gasteiger partial charge is 0.328 e. The second kappa shape index (κ2) is 46.7. The van der Waals surface area contributed by atoms with Gasteiger partial charge in [0, 0.05) is 59.8 Å². The summed E-state index contributed by atoms with van der Waals surface area (Å²) in [6, 6.07) is 13.6. The average molecular weight is 1170 g/mol. The van der Waals surface area contributed by atoms with Gasteiger partial charge < -0.3 is 10.4 Å². The molecule has 0 radical (unpaired) electrons. The molecule has 0 aliphatic heterocycles. The van der Waals surface area contributed by atoms with Crippen molar-refractivity contribution < 1.29 is 62.7 Å². The number of hydrogen-bond donors (Lipinski definition) is 2. The van der Waals surface area contributed by atoms with Crippen LogP contribution >= 0.6 is 31.7 Å². The van der Waals surface area contributed by atoms with Gasteiger partial charge in [-0.25, -0.2) is 0 Å². The molecule has 0 aromatic heterocycles. The Morgan fingerprint density at radius 3 is 1.19 bits per heavy atom. The molecule has 308 valence electrons. The zero-order valence-corrected chi connectivity index (χ0v) is 42.7. The van der Waals surface area contributed by atoms with Gasteiger partial charge in [-0.1, -0.05) is 11.5 Å². The van der Waals surface area contributed by atoms with Crippen molar-refractivity contribution in [3.63, 3.8) is 0 Å². The van der Waals surface area contributed by atoms with Gasteiger partial charge in [0.15, 0.2) is 0 Å². The van der Waals surface area contributed by atoms with Crippen LogP contribution in [0, 0.1) is 32.4 Å². The van der Waals surface area contributed by atoms with Gasteiger partial charge in [-0.3, -0.25) is 0 Å². The summed E-state index contributed by atoms with van der Waals surface area (Å²) in [7, 11) is 0.549. The first-order valence-corrected chi connectivity index (χ1v) is 27.0. The zero-order valence-electron chi connectivity index (χ0n) is 34.2. The van der Waals surface area contributed by atoms with Gasteiger partial charge in [0.05, 0.1) is 85.6 Å². The van der Waals surface area contributed by atoms with E-state index in [2.05, 4.69) is 120 Å². The van der Waals surface area contributed by atoms with E-state index in [1.807, 2.05) is 24.3 Å². The molecule has 0 spiro atoms. The molecule has 0 atom stereocenters. The fourth-order valence-corrected chi connectivity index (χ4v) is 10.7. The Balaban J connectivity index is -0.000000124. The monoisotopic (exact) mass is 1170 g/mol. The maximum absolute atomic E-state index is 8.36. The fraction of sp³-hybridized carbons (Fsp3) is 0.632. The van der Waals surface area contributed by atoms with Crippen LogP contribution < -0.4 is 0 Å².